The van der Waals surface area contributed by atoms with Crippen molar-refractivity contribution in [2.75, 3.05) is 61.0 Å². The molecule has 8 N–H and O–H groups in total. The minimum Gasteiger partial charge on any atom is -0.496 e. The molecule has 20 atom stereocenters. The Morgan fingerprint density at radius 3 is 1.36 bits per heavy atom. The van der Waals surface area contributed by atoms with Crippen LogP contribution >= 0.6 is 0 Å². The standard InChI is InChI=1S/C24H32N4O5.C22H28N4O5.C15H22O4.2C15H22O3/c1-15(26(2)3)23(30)28-13-10-20-21(28)24(31)27-12-5-6-18(27)22(29)25-11-9-16-14-17(33-20)7-8-19(16)32-4;1-30-17-5-4-15-13-14(17)7-10-24-21(28)16-3-2-11-25(16)22(29)20-18(31-15)8-12-26(20)19(27)6-9-23;1-8-10(16)4-5-14(3)6-7-15(18)9(2)13(17)19-12(15)11(8)14;2*1-9-5-4-6-14(3)7-8-15(17)10(2)13(16)18-12(15)11(9)14/h7-9,11,14-15,18,20-21H,5-6,10,12-13H2,1-4H3,(H,25,29);4-5,7,10,13,16,18,20H,2-3,6,8-9,11-12,23H2,1H3,(H,24,28);9-10,12,16,18H,4-7H2,1-3H3;2*10,12,17H,4-8H2,1-3H3/b11-9-;10-7-;;;/t;;9-,10?,12?,14+,15?;2*10-,12?,14+,15?/m..000/s1. The van der Waals surface area contributed by atoms with Gasteiger partial charge in [0.05, 0.1) is 44.1 Å². The normalized spacial score (nSPS) is 36.7. The molecule has 2 aromatic rings. The average molecular weight is 1650 g/mol. The van der Waals surface area contributed by atoms with Crippen LogP contribution in [0.1, 0.15) is 215 Å². The van der Waals surface area contributed by atoms with Crippen molar-refractivity contribution in [2.45, 2.75) is 288 Å². The zero-order valence-electron chi connectivity index (χ0n) is 71.9. The smallest absolute Gasteiger partial charge is 0.312 e. The monoisotopic (exact) mass is 1650 g/mol. The van der Waals surface area contributed by atoms with Crippen molar-refractivity contribution in [3.05, 3.63) is 93.4 Å². The fraction of sp³-hybridized carbons (Fsp3) is 0.659. The molecule has 650 valence electrons. The molecule has 15 aliphatic rings. The van der Waals surface area contributed by atoms with Crippen LogP contribution in [-0.2, 0) is 57.4 Å². The summed E-state index contributed by atoms with van der Waals surface area (Å²) in [5.74, 6) is -0.898. The molecule has 4 bridgehead atoms. The number of hydrogen-bond donors (Lipinski definition) is 7. The van der Waals surface area contributed by atoms with Gasteiger partial charge in [0.15, 0.2) is 18.3 Å². The van der Waals surface area contributed by atoms with Crippen LogP contribution in [0.15, 0.2) is 82.2 Å². The van der Waals surface area contributed by atoms with Gasteiger partial charge in [0.1, 0.15) is 76.2 Å². The molecule has 0 aromatic heterocycles. The SMILES string of the molecule is CC1=C2C3OC(=O)[C@H](C)C3(O)CC[C@@]2(C)CCC1.CC1=C2C3OC(=O)[C@H](C)C3(O)CC[C@@]2(C)CCC1.CC1=C2C3OC(=O)[C@H](C)C3(O)CC[C@@]2(C)CCC1O.COc1ccc2cc1/C=C\NC(=O)C1CCCN1C(=O)C1C(CCN1C(=O)C(C)N(C)C)O2.COc1ccc2cc1/C=C\NC(=O)C1CCCN1C(=O)C1C(CCN1C(=O)CCN)O2. The van der Waals surface area contributed by atoms with E-state index in [-0.39, 0.29) is 101 Å². The Morgan fingerprint density at radius 2 is 0.950 bits per heavy atom. The lowest BCUT2D eigenvalue weighted by atomic mass is 9.57. The summed E-state index contributed by atoms with van der Waals surface area (Å²) in [4.78, 5) is 123. The van der Waals surface area contributed by atoms with E-state index in [1.165, 1.54) is 35.1 Å². The van der Waals surface area contributed by atoms with Crippen molar-refractivity contribution < 1.29 is 96.7 Å². The van der Waals surface area contributed by atoms with Gasteiger partial charge in [-0.25, -0.2) is 0 Å². The van der Waals surface area contributed by atoms with Crippen LogP contribution in [0.5, 0.6) is 23.0 Å². The molecule has 0 spiro atoms. The number of nitrogens with two attached hydrogens (primary N) is 1. The van der Waals surface area contributed by atoms with Gasteiger partial charge in [0, 0.05) is 75.5 Å². The first kappa shape index (κ1) is 88.1. The van der Waals surface area contributed by atoms with E-state index in [0.29, 0.717) is 94.1 Å². The zero-order chi connectivity index (χ0) is 85.9. The van der Waals surface area contributed by atoms with Gasteiger partial charge in [0.2, 0.25) is 35.4 Å². The van der Waals surface area contributed by atoms with Gasteiger partial charge in [-0.15, -0.1) is 0 Å². The first-order chi connectivity index (χ1) is 56.4. The van der Waals surface area contributed by atoms with Gasteiger partial charge in [-0.05, 0) is 265 Å². The number of methoxy groups -OCH3 is 2. The molecule has 119 heavy (non-hydrogen) atoms. The first-order valence-electron chi connectivity index (χ1n) is 43.2. The highest BCUT2D eigenvalue weighted by atomic mass is 16.6. The number of amides is 6. The summed E-state index contributed by atoms with van der Waals surface area (Å²) in [6.07, 6.45) is 20.9. The molecule has 6 aliphatic carbocycles. The Balaban J connectivity index is 0.000000132. The Morgan fingerprint density at radius 1 is 0.546 bits per heavy atom. The molecule has 9 heterocycles. The van der Waals surface area contributed by atoms with Crippen molar-refractivity contribution in [3.63, 3.8) is 0 Å². The molecule has 17 rings (SSSR count). The Hall–Kier alpha value is -8.67. The van der Waals surface area contributed by atoms with E-state index in [9.17, 15) is 63.6 Å². The van der Waals surface area contributed by atoms with E-state index < -0.39 is 83.1 Å². The van der Waals surface area contributed by atoms with Crippen molar-refractivity contribution in [1.29, 1.82) is 0 Å². The van der Waals surface area contributed by atoms with E-state index in [0.717, 1.165) is 92.9 Å². The third-order valence-electron chi connectivity index (χ3n) is 29.6. The fourth-order valence-corrected chi connectivity index (χ4v) is 21.9. The number of nitrogens with one attached hydrogen (secondary N) is 2. The van der Waals surface area contributed by atoms with Crippen LogP contribution in [0.3, 0.4) is 0 Å². The number of rotatable bonds is 6. The molecule has 10 fully saturated rings. The molecule has 28 nitrogen and oxygen atoms in total. The van der Waals surface area contributed by atoms with Crippen LogP contribution in [0.4, 0.5) is 0 Å². The van der Waals surface area contributed by atoms with Crippen molar-refractivity contribution >= 4 is 65.5 Å². The number of allylic oxidation sites excluding steroid dienone is 2. The van der Waals surface area contributed by atoms with Crippen LogP contribution in [0.25, 0.3) is 12.2 Å². The molecular formula is C91H126N8O20. The van der Waals surface area contributed by atoms with E-state index >= 15 is 0 Å². The Labute approximate surface area is 698 Å². The first-order valence-corrected chi connectivity index (χ1v) is 43.2. The van der Waals surface area contributed by atoms with Gasteiger partial charge in [-0.2, -0.15) is 0 Å². The van der Waals surface area contributed by atoms with Crippen LogP contribution in [-0.4, -0.2) is 243 Å². The molecule has 28 heteroatoms. The van der Waals surface area contributed by atoms with Crippen molar-refractivity contribution in [2.24, 2.45) is 39.7 Å². The lowest BCUT2D eigenvalue weighted by Crippen LogP contribution is -2.58. The molecule has 3 saturated carbocycles. The van der Waals surface area contributed by atoms with Crippen molar-refractivity contribution in [1.82, 2.24) is 35.1 Å². The average Bonchev–Trinajstić information content (AvgIpc) is 1.62. The minimum absolute atomic E-state index is 0.0510. The largest absolute Gasteiger partial charge is 0.496 e. The number of carbonyl (C=O) groups excluding carboxylic acids is 9. The zero-order valence-corrected chi connectivity index (χ0v) is 71.9. The fourth-order valence-electron chi connectivity index (χ4n) is 21.9. The lowest BCUT2D eigenvalue weighted by molar-refractivity contribution is -0.150. The van der Waals surface area contributed by atoms with Gasteiger partial charge in [-0.3, -0.25) is 48.1 Å². The molecule has 2 aromatic carbocycles. The predicted octanol–water partition coefficient (Wildman–Crippen LogP) is 8.28. The van der Waals surface area contributed by atoms with Crippen LogP contribution in [0, 0.1) is 34.0 Å². The highest BCUT2D eigenvalue weighted by Crippen LogP contribution is 2.60. The number of fused-ring (bicyclic) bond motifs is 17. The second-order valence-corrected chi connectivity index (χ2v) is 37.0. The summed E-state index contributed by atoms with van der Waals surface area (Å²) >= 11 is 0. The summed E-state index contributed by atoms with van der Waals surface area (Å²) in [6.45, 7) is 22.0. The quantitative estimate of drug-likeness (QED) is 0.0812. The molecule has 9 aliphatic heterocycles. The maximum Gasteiger partial charge on any atom is 0.312 e. The van der Waals surface area contributed by atoms with Gasteiger partial charge in [0.25, 0.3) is 0 Å². The highest BCUT2D eigenvalue weighted by molar-refractivity contribution is 5.96. The summed E-state index contributed by atoms with van der Waals surface area (Å²) in [5, 5.41) is 48.2. The molecular weight excluding hydrogens is 1530 g/mol. The third-order valence-corrected chi connectivity index (χ3v) is 29.6. The van der Waals surface area contributed by atoms with E-state index in [1.807, 2.05) is 38.9 Å². The molecule has 7 saturated heterocycles. The van der Waals surface area contributed by atoms with Gasteiger partial charge < -0.3 is 89.6 Å². The number of hydrogen-bond acceptors (Lipinski definition) is 22. The number of nitrogens with zero attached hydrogens (tertiary/aromatic N) is 5. The van der Waals surface area contributed by atoms with E-state index in [1.54, 1.807) is 109 Å². The third kappa shape index (κ3) is 16.4. The van der Waals surface area contributed by atoms with Gasteiger partial charge >= 0.3 is 17.9 Å². The Kier molecular flexibility index (Phi) is 25.7. The number of likely N-dealkylation sites (N-methyl/N-ethyl adjacent to an activating group) is 1. The number of aliphatic hydroxyl groups is 4. The summed E-state index contributed by atoms with van der Waals surface area (Å²) < 4.78 is 39.9. The van der Waals surface area contributed by atoms with E-state index in [2.05, 4.69) is 45.3 Å². The number of aliphatic hydroxyl groups excluding tert-OH is 1. The maximum absolute atomic E-state index is 13.8. The summed E-state index contributed by atoms with van der Waals surface area (Å²) in [5.41, 5.74) is 11.2. The number of carbonyl (C=O) groups is 9. The van der Waals surface area contributed by atoms with Gasteiger partial charge in [-0.1, -0.05) is 31.9 Å². The predicted molar refractivity (Wildman–Crippen MR) is 441 cm³/mol. The van der Waals surface area contributed by atoms with Crippen LogP contribution in [0.2, 0.25) is 0 Å². The van der Waals surface area contributed by atoms with Crippen molar-refractivity contribution in [3.8, 4) is 23.0 Å². The number of benzene rings is 2. The maximum atomic E-state index is 13.8. The minimum atomic E-state index is -1.09. The van der Waals surface area contributed by atoms with E-state index in [4.69, 9.17) is 38.9 Å². The second kappa shape index (κ2) is 34.7. The number of esters is 3. The molecule has 14 unspecified atom stereocenters. The number of ether oxygens (including phenoxy) is 7. The highest BCUT2D eigenvalue weighted by Gasteiger charge is 2.65. The summed E-state index contributed by atoms with van der Waals surface area (Å²) in [6, 6.07) is 7.65. The van der Waals surface area contributed by atoms with Crippen LogP contribution < -0.4 is 35.3 Å². The lowest BCUT2D eigenvalue weighted by Gasteiger charge is -2.50. The summed E-state index contributed by atoms with van der Waals surface area (Å²) in [7, 11) is 6.83. The molecule has 6 amide bonds. The molecule has 0 radical (unpaired) electrons. The number of likely N-dealkylation sites (tertiary alicyclic amines) is 2. The second-order valence-electron chi connectivity index (χ2n) is 37.0. The Bertz CT molecular complexity index is 4380. The topological polar surface area (TPSA) is 365 Å².